The van der Waals surface area contributed by atoms with Gasteiger partial charge in [-0.2, -0.15) is 4.37 Å². The molecule has 1 rings (SSSR count). The van der Waals surface area contributed by atoms with Crippen molar-refractivity contribution in [3.05, 3.63) is 16.1 Å². The van der Waals surface area contributed by atoms with Crippen LogP contribution in [0, 0.1) is 0 Å². The van der Waals surface area contributed by atoms with E-state index >= 15 is 0 Å². The topological polar surface area (TPSA) is 12.9 Å². The number of rotatable bonds is 3. The molecule has 1 aromatic heterocycles. The average Bonchev–Trinajstić information content (AvgIpc) is 2.46. The van der Waals surface area contributed by atoms with Crippen molar-refractivity contribution in [3.8, 4) is 0 Å². The van der Waals surface area contributed by atoms with E-state index in [2.05, 4.69) is 32.1 Å². The van der Waals surface area contributed by atoms with Crippen LogP contribution in [0.5, 0.6) is 0 Å². The van der Waals surface area contributed by atoms with Crippen LogP contribution in [0.15, 0.2) is 0 Å². The van der Waals surface area contributed by atoms with Crippen molar-refractivity contribution < 1.29 is 0 Å². The molecular formula is C10H17NS. The first-order valence-corrected chi connectivity index (χ1v) is 5.45. The molecule has 0 radical (unpaired) electrons. The highest BCUT2D eigenvalue weighted by Gasteiger charge is 2.12. The van der Waals surface area contributed by atoms with Gasteiger partial charge >= 0.3 is 0 Å². The van der Waals surface area contributed by atoms with Gasteiger partial charge in [-0.05, 0) is 35.9 Å². The third-order valence-corrected chi connectivity index (χ3v) is 3.34. The first-order chi connectivity index (χ1) is 5.70. The van der Waals surface area contributed by atoms with Gasteiger partial charge in [0.25, 0.3) is 0 Å². The van der Waals surface area contributed by atoms with Crippen molar-refractivity contribution in [2.75, 3.05) is 0 Å². The van der Waals surface area contributed by atoms with Gasteiger partial charge < -0.3 is 0 Å². The predicted molar refractivity (Wildman–Crippen MR) is 55.0 cm³/mol. The van der Waals surface area contributed by atoms with Crippen molar-refractivity contribution in [3.63, 3.8) is 0 Å². The summed E-state index contributed by atoms with van der Waals surface area (Å²) in [5.74, 6) is 0.637. The highest BCUT2D eigenvalue weighted by atomic mass is 32.1. The van der Waals surface area contributed by atoms with E-state index in [4.69, 9.17) is 0 Å². The first kappa shape index (κ1) is 9.72. The molecule has 1 nitrogen and oxygen atoms in total. The Kier molecular flexibility index (Phi) is 3.27. The normalized spacial score (nSPS) is 11.1. The summed E-state index contributed by atoms with van der Waals surface area (Å²) in [6.45, 7) is 8.88. The van der Waals surface area contributed by atoms with Gasteiger partial charge in [-0.1, -0.05) is 27.7 Å². The van der Waals surface area contributed by atoms with Gasteiger partial charge in [0.2, 0.25) is 0 Å². The number of aryl methyl sites for hydroxylation is 1. The second-order valence-corrected chi connectivity index (χ2v) is 4.14. The highest BCUT2D eigenvalue weighted by molar-refractivity contribution is 7.06. The van der Waals surface area contributed by atoms with E-state index in [1.54, 1.807) is 11.5 Å². The summed E-state index contributed by atoms with van der Waals surface area (Å²) in [7, 11) is 0. The van der Waals surface area contributed by atoms with E-state index in [1.807, 2.05) is 0 Å². The van der Waals surface area contributed by atoms with Gasteiger partial charge in [0, 0.05) is 4.88 Å². The van der Waals surface area contributed by atoms with E-state index in [1.165, 1.54) is 16.1 Å². The largest absolute Gasteiger partial charge is 0.197 e. The second kappa shape index (κ2) is 4.04. The summed E-state index contributed by atoms with van der Waals surface area (Å²) in [6, 6.07) is 0. The lowest BCUT2D eigenvalue weighted by atomic mass is 10.0. The van der Waals surface area contributed by atoms with Gasteiger partial charge in [0.05, 0.1) is 5.69 Å². The Balaban J connectivity index is 3.05. The molecule has 1 aromatic rings. The fourth-order valence-electron chi connectivity index (χ4n) is 1.47. The zero-order chi connectivity index (χ0) is 9.14. The van der Waals surface area contributed by atoms with E-state index < -0.39 is 0 Å². The maximum Gasteiger partial charge on any atom is 0.0574 e. The maximum absolute atomic E-state index is 4.47. The van der Waals surface area contributed by atoms with Crippen LogP contribution < -0.4 is 0 Å². The molecule has 0 fully saturated rings. The Morgan fingerprint density at radius 1 is 1.25 bits per heavy atom. The molecule has 0 aliphatic rings. The molecule has 2 heteroatoms. The molecule has 0 saturated heterocycles. The molecule has 0 aliphatic heterocycles. The third-order valence-electron chi connectivity index (χ3n) is 2.11. The van der Waals surface area contributed by atoms with Crippen LogP contribution in [0.25, 0.3) is 0 Å². The lowest BCUT2D eigenvalue weighted by molar-refractivity contribution is 0.861. The average molecular weight is 183 g/mol. The Morgan fingerprint density at radius 3 is 2.33 bits per heavy atom. The Hall–Kier alpha value is -0.370. The lowest BCUT2D eigenvalue weighted by Gasteiger charge is -2.04. The minimum Gasteiger partial charge on any atom is -0.197 e. The smallest absolute Gasteiger partial charge is 0.0574 e. The monoisotopic (exact) mass is 183 g/mol. The number of nitrogens with zero attached hydrogens (tertiary/aromatic N) is 1. The van der Waals surface area contributed by atoms with Crippen LogP contribution >= 0.6 is 11.5 Å². The quantitative estimate of drug-likeness (QED) is 0.700. The molecule has 12 heavy (non-hydrogen) atoms. The van der Waals surface area contributed by atoms with Crippen molar-refractivity contribution in [1.82, 2.24) is 4.37 Å². The summed E-state index contributed by atoms with van der Waals surface area (Å²) in [5, 5.41) is 0. The Bertz CT molecular complexity index is 250. The van der Waals surface area contributed by atoms with Crippen molar-refractivity contribution in [1.29, 1.82) is 0 Å². The zero-order valence-electron chi connectivity index (χ0n) is 8.35. The van der Waals surface area contributed by atoms with E-state index in [0.717, 1.165) is 12.8 Å². The Morgan fingerprint density at radius 2 is 1.92 bits per heavy atom. The van der Waals surface area contributed by atoms with Gasteiger partial charge in [-0.3, -0.25) is 0 Å². The lowest BCUT2D eigenvalue weighted by Crippen LogP contribution is -1.92. The summed E-state index contributed by atoms with van der Waals surface area (Å²) in [5.41, 5.74) is 2.81. The van der Waals surface area contributed by atoms with Crippen LogP contribution in [-0.4, -0.2) is 4.37 Å². The molecule has 0 N–H and O–H groups in total. The molecule has 0 atom stereocenters. The third kappa shape index (κ3) is 1.69. The molecule has 0 unspecified atom stereocenters. The van der Waals surface area contributed by atoms with Crippen LogP contribution in [-0.2, 0) is 12.8 Å². The number of hydrogen-bond donors (Lipinski definition) is 0. The second-order valence-electron chi connectivity index (χ2n) is 3.33. The number of hydrogen-bond acceptors (Lipinski definition) is 2. The molecular weight excluding hydrogens is 166 g/mol. The van der Waals surface area contributed by atoms with E-state index in [-0.39, 0.29) is 0 Å². The SMILES string of the molecule is CCc1nsc(C(C)C)c1CC. The summed E-state index contributed by atoms with van der Waals surface area (Å²) >= 11 is 1.68. The van der Waals surface area contributed by atoms with Crippen LogP contribution in [0.1, 0.15) is 49.7 Å². The van der Waals surface area contributed by atoms with Crippen molar-refractivity contribution >= 4 is 11.5 Å². The molecule has 0 saturated carbocycles. The van der Waals surface area contributed by atoms with Gasteiger partial charge in [-0.25, -0.2) is 0 Å². The Labute approximate surface area is 79.0 Å². The van der Waals surface area contributed by atoms with Gasteiger partial charge in [-0.15, -0.1) is 0 Å². The fourth-order valence-corrected chi connectivity index (χ4v) is 2.50. The maximum atomic E-state index is 4.47. The summed E-state index contributed by atoms with van der Waals surface area (Å²) < 4.78 is 4.47. The molecule has 68 valence electrons. The van der Waals surface area contributed by atoms with E-state index in [0.29, 0.717) is 5.92 Å². The van der Waals surface area contributed by atoms with Crippen LogP contribution in [0.4, 0.5) is 0 Å². The van der Waals surface area contributed by atoms with Gasteiger partial charge in [0.15, 0.2) is 0 Å². The summed E-state index contributed by atoms with van der Waals surface area (Å²) in [6.07, 6.45) is 2.21. The molecule has 0 aromatic carbocycles. The molecule has 0 spiro atoms. The standard InChI is InChI=1S/C10H17NS/c1-5-8-9(6-2)11-12-10(8)7(3)4/h7H,5-6H2,1-4H3. The van der Waals surface area contributed by atoms with Gasteiger partial charge in [0.1, 0.15) is 0 Å². The van der Waals surface area contributed by atoms with Crippen LogP contribution in [0.2, 0.25) is 0 Å². The molecule has 0 amide bonds. The fraction of sp³-hybridized carbons (Fsp3) is 0.700. The number of aromatic nitrogens is 1. The molecule has 1 heterocycles. The molecule has 0 aliphatic carbocycles. The minimum atomic E-state index is 0.637. The minimum absolute atomic E-state index is 0.637. The van der Waals surface area contributed by atoms with Crippen LogP contribution in [0.3, 0.4) is 0 Å². The molecule has 0 bridgehead atoms. The predicted octanol–water partition coefficient (Wildman–Crippen LogP) is 3.39. The van der Waals surface area contributed by atoms with E-state index in [9.17, 15) is 0 Å². The van der Waals surface area contributed by atoms with Crippen molar-refractivity contribution in [2.24, 2.45) is 0 Å². The first-order valence-electron chi connectivity index (χ1n) is 4.68. The summed E-state index contributed by atoms with van der Waals surface area (Å²) in [4.78, 5) is 1.48. The van der Waals surface area contributed by atoms with Crippen molar-refractivity contribution in [2.45, 2.75) is 46.5 Å². The zero-order valence-corrected chi connectivity index (χ0v) is 9.16. The highest BCUT2D eigenvalue weighted by Crippen LogP contribution is 2.27.